The van der Waals surface area contributed by atoms with Crippen molar-refractivity contribution >= 4 is 17.5 Å². The second-order valence-corrected chi connectivity index (χ2v) is 5.10. The lowest BCUT2D eigenvalue weighted by Crippen LogP contribution is -2.24. The second-order valence-electron chi connectivity index (χ2n) is 5.10. The Morgan fingerprint density at radius 3 is 2.50 bits per heavy atom. The minimum atomic E-state index is -1.41. The molecule has 0 aliphatic heterocycles. The Kier molecular flexibility index (Phi) is 4.78. The molecule has 0 aromatic carbocycles. The van der Waals surface area contributed by atoms with E-state index >= 15 is 0 Å². The van der Waals surface area contributed by atoms with Gasteiger partial charge in [0, 0.05) is 23.5 Å². The number of rotatable bonds is 6. The second kappa shape index (κ2) is 5.96. The fraction of sp³-hybridized carbons (Fsp3) is 0.400. The number of Topliss-reactive ketones (excluding diaryl/α,β-unsaturated/α-hetero) is 1. The van der Waals surface area contributed by atoms with E-state index in [9.17, 15) is 19.5 Å². The molecule has 0 aromatic rings. The van der Waals surface area contributed by atoms with E-state index in [-0.39, 0.29) is 35.6 Å². The smallest absolute Gasteiger partial charge is 0.331 e. The van der Waals surface area contributed by atoms with Crippen molar-refractivity contribution in [3.8, 4) is 0 Å². The molecule has 0 aromatic heterocycles. The number of ketones is 2. The van der Waals surface area contributed by atoms with Crippen molar-refractivity contribution in [2.75, 3.05) is 0 Å². The number of aliphatic hydroxyl groups is 1. The number of hydrogen-bond donors (Lipinski definition) is 2. The largest absolute Gasteiger partial charge is 0.478 e. The number of carboxylic acids is 1. The molecule has 0 saturated carbocycles. The van der Waals surface area contributed by atoms with Crippen molar-refractivity contribution in [2.45, 2.75) is 32.3 Å². The van der Waals surface area contributed by atoms with Crippen LogP contribution in [0.5, 0.6) is 0 Å². The van der Waals surface area contributed by atoms with E-state index in [1.165, 1.54) is 32.1 Å². The van der Waals surface area contributed by atoms with Gasteiger partial charge in [0.1, 0.15) is 11.4 Å². The molecule has 0 radical (unpaired) electrons. The van der Waals surface area contributed by atoms with Crippen LogP contribution in [0.4, 0.5) is 0 Å². The first-order valence-electron chi connectivity index (χ1n) is 6.25. The van der Waals surface area contributed by atoms with E-state index in [1.54, 1.807) is 0 Å². The fourth-order valence-corrected chi connectivity index (χ4v) is 1.99. The molecule has 1 aliphatic rings. The van der Waals surface area contributed by atoms with Crippen LogP contribution in [-0.2, 0) is 14.4 Å². The van der Waals surface area contributed by atoms with Crippen LogP contribution in [0.1, 0.15) is 26.7 Å². The Balaban J connectivity index is 3.05. The van der Waals surface area contributed by atoms with Crippen molar-refractivity contribution in [2.24, 2.45) is 5.92 Å². The highest BCUT2D eigenvalue weighted by Crippen LogP contribution is 2.30. The molecule has 0 fully saturated rings. The van der Waals surface area contributed by atoms with Crippen LogP contribution in [0.2, 0.25) is 0 Å². The summed E-state index contributed by atoms with van der Waals surface area (Å²) in [6, 6.07) is 0. The van der Waals surface area contributed by atoms with E-state index < -0.39 is 17.5 Å². The van der Waals surface area contributed by atoms with E-state index in [4.69, 9.17) is 5.11 Å². The van der Waals surface area contributed by atoms with Gasteiger partial charge in [0.25, 0.3) is 0 Å². The quantitative estimate of drug-likeness (QED) is 0.717. The molecular weight excluding hydrogens is 260 g/mol. The van der Waals surface area contributed by atoms with Gasteiger partial charge in [-0.3, -0.25) is 4.79 Å². The van der Waals surface area contributed by atoms with Gasteiger partial charge in [-0.2, -0.15) is 0 Å². The standard InChI is InChI=1S/C15H18O5/c1-9(16)4-5-11(10(2)14(18)19)8-12-13(17)6-7-15(12,3)20/h6-8,11,20H,2,4-5H2,1,3H3,(H,18,19)/b12-8-/t11-,15+/m1/s1. The molecule has 108 valence electrons. The summed E-state index contributed by atoms with van der Waals surface area (Å²) in [7, 11) is 0. The Hall–Kier alpha value is -2.01. The van der Waals surface area contributed by atoms with Crippen LogP contribution >= 0.6 is 0 Å². The first kappa shape index (κ1) is 16.0. The Labute approximate surface area is 117 Å². The predicted octanol–water partition coefficient (Wildman–Crippen LogP) is 1.43. The highest BCUT2D eigenvalue weighted by atomic mass is 16.4. The molecule has 0 saturated heterocycles. The highest BCUT2D eigenvalue weighted by Gasteiger charge is 2.33. The van der Waals surface area contributed by atoms with Crippen LogP contribution in [0.25, 0.3) is 0 Å². The fourth-order valence-electron chi connectivity index (χ4n) is 1.99. The van der Waals surface area contributed by atoms with Gasteiger partial charge >= 0.3 is 5.97 Å². The molecule has 2 atom stereocenters. The summed E-state index contributed by atoms with van der Waals surface area (Å²) < 4.78 is 0. The lowest BCUT2D eigenvalue weighted by atomic mass is 9.88. The summed E-state index contributed by atoms with van der Waals surface area (Å²) in [5, 5.41) is 19.1. The van der Waals surface area contributed by atoms with Gasteiger partial charge in [-0.25, -0.2) is 4.79 Å². The summed E-state index contributed by atoms with van der Waals surface area (Å²) in [5.41, 5.74) is -1.40. The number of carbonyl (C=O) groups excluding carboxylic acids is 2. The van der Waals surface area contributed by atoms with E-state index in [0.717, 1.165) is 0 Å². The SMILES string of the molecule is C=C(C(=O)O)[C@@H](/C=C1/C(=O)C=C[C@]1(C)O)CCC(C)=O. The molecule has 0 unspecified atom stereocenters. The third kappa shape index (κ3) is 3.74. The molecule has 0 heterocycles. The van der Waals surface area contributed by atoms with Crippen LogP contribution in [0, 0.1) is 5.92 Å². The molecule has 5 heteroatoms. The van der Waals surface area contributed by atoms with Crippen molar-refractivity contribution in [3.05, 3.63) is 36.0 Å². The van der Waals surface area contributed by atoms with Gasteiger partial charge in [-0.05, 0) is 32.4 Å². The summed E-state index contributed by atoms with van der Waals surface area (Å²) in [5.74, 6) is -2.29. The summed E-state index contributed by atoms with van der Waals surface area (Å²) >= 11 is 0. The average Bonchev–Trinajstić information content (AvgIpc) is 2.59. The molecule has 2 N–H and O–H groups in total. The number of hydrogen-bond acceptors (Lipinski definition) is 4. The summed E-state index contributed by atoms with van der Waals surface area (Å²) in [6.45, 7) is 6.34. The molecule has 0 spiro atoms. The number of aliphatic carboxylic acids is 1. The maximum Gasteiger partial charge on any atom is 0.331 e. The monoisotopic (exact) mass is 278 g/mol. The van der Waals surface area contributed by atoms with Crippen molar-refractivity contribution in [1.29, 1.82) is 0 Å². The predicted molar refractivity (Wildman–Crippen MR) is 73.0 cm³/mol. The summed E-state index contributed by atoms with van der Waals surface area (Å²) in [4.78, 5) is 33.8. The maximum atomic E-state index is 11.7. The van der Waals surface area contributed by atoms with Crippen LogP contribution in [0.15, 0.2) is 36.0 Å². The van der Waals surface area contributed by atoms with Crippen LogP contribution in [-0.4, -0.2) is 33.3 Å². The molecule has 0 bridgehead atoms. The van der Waals surface area contributed by atoms with Gasteiger partial charge in [0.15, 0.2) is 5.78 Å². The molecule has 5 nitrogen and oxygen atoms in total. The first-order valence-corrected chi connectivity index (χ1v) is 6.25. The first-order chi connectivity index (χ1) is 9.15. The van der Waals surface area contributed by atoms with Crippen LogP contribution in [0.3, 0.4) is 0 Å². The normalized spacial score (nSPS) is 24.9. The van der Waals surface area contributed by atoms with Gasteiger partial charge in [-0.1, -0.05) is 12.7 Å². The summed E-state index contributed by atoms with van der Waals surface area (Å²) in [6.07, 6.45) is 4.43. The zero-order chi connectivity index (χ0) is 15.5. The lowest BCUT2D eigenvalue weighted by Gasteiger charge is -2.19. The third-order valence-corrected chi connectivity index (χ3v) is 3.27. The van der Waals surface area contributed by atoms with Gasteiger partial charge < -0.3 is 15.0 Å². The van der Waals surface area contributed by atoms with Crippen LogP contribution < -0.4 is 0 Å². The van der Waals surface area contributed by atoms with Crippen molar-refractivity contribution < 1.29 is 24.6 Å². The minimum absolute atomic E-state index is 0.0748. The number of carboxylic acid groups (broad SMARTS) is 1. The zero-order valence-electron chi connectivity index (χ0n) is 11.5. The van der Waals surface area contributed by atoms with E-state index in [1.807, 2.05) is 0 Å². The maximum absolute atomic E-state index is 11.7. The average molecular weight is 278 g/mol. The number of carbonyl (C=O) groups is 3. The molecule has 1 rings (SSSR count). The molecule has 0 amide bonds. The topological polar surface area (TPSA) is 91.7 Å². The van der Waals surface area contributed by atoms with Crippen molar-refractivity contribution in [3.63, 3.8) is 0 Å². The van der Waals surface area contributed by atoms with Gasteiger partial charge in [0.05, 0.1) is 0 Å². The van der Waals surface area contributed by atoms with Gasteiger partial charge in [0.2, 0.25) is 0 Å². The molecule has 1 aliphatic carbocycles. The van der Waals surface area contributed by atoms with E-state index in [2.05, 4.69) is 6.58 Å². The Morgan fingerprint density at radius 2 is 2.10 bits per heavy atom. The Bertz CT molecular complexity index is 522. The zero-order valence-corrected chi connectivity index (χ0v) is 11.5. The lowest BCUT2D eigenvalue weighted by molar-refractivity contribution is -0.133. The Morgan fingerprint density at radius 1 is 1.50 bits per heavy atom. The highest BCUT2D eigenvalue weighted by molar-refractivity contribution is 6.09. The molecular formula is C15H18O5. The van der Waals surface area contributed by atoms with E-state index in [0.29, 0.717) is 0 Å². The number of allylic oxidation sites excluding steroid dienone is 2. The van der Waals surface area contributed by atoms with Gasteiger partial charge in [-0.15, -0.1) is 0 Å². The minimum Gasteiger partial charge on any atom is -0.478 e. The third-order valence-electron chi connectivity index (χ3n) is 3.27. The van der Waals surface area contributed by atoms with Crippen molar-refractivity contribution in [1.82, 2.24) is 0 Å². The molecule has 20 heavy (non-hydrogen) atoms.